The van der Waals surface area contributed by atoms with Crippen LogP contribution in [0.5, 0.6) is 0 Å². The van der Waals surface area contributed by atoms with Gasteiger partial charge in [-0.1, -0.05) is 26.1 Å². The Morgan fingerprint density at radius 3 is 1.89 bits per heavy atom. The van der Waals surface area contributed by atoms with Crippen molar-refractivity contribution in [3.8, 4) is 0 Å². The van der Waals surface area contributed by atoms with Gasteiger partial charge in [-0.15, -0.1) is 12.4 Å². The van der Waals surface area contributed by atoms with Crippen LogP contribution in [0, 0.1) is 0 Å². The van der Waals surface area contributed by atoms with Crippen LogP contribution in [0.1, 0.15) is 20.8 Å². The van der Waals surface area contributed by atoms with Crippen molar-refractivity contribution in [3.05, 3.63) is 0 Å². The molecule has 0 N–H and O–H groups in total. The number of halogens is 1. The maximum absolute atomic E-state index is 9.87. The Balaban J connectivity index is -0.000000109. The highest BCUT2D eigenvalue weighted by molar-refractivity contribution is 8.39. The van der Waals surface area contributed by atoms with Gasteiger partial charge in [0, 0.05) is 0 Å². The molecule has 0 aliphatic carbocycles. The normalized spacial score (nSPS) is 10.2. The minimum atomic E-state index is -1.94. The van der Waals surface area contributed by atoms with Crippen molar-refractivity contribution < 1.29 is 9.09 Å². The van der Waals surface area contributed by atoms with Gasteiger partial charge in [0.1, 0.15) is 0 Å². The van der Waals surface area contributed by atoms with Gasteiger partial charge in [-0.2, -0.15) is 0 Å². The monoisotopic (exact) mass is 192 g/mol. The van der Waals surface area contributed by atoms with Gasteiger partial charge in [0.25, 0.3) is 0 Å². The summed E-state index contributed by atoms with van der Waals surface area (Å²) in [6, 6.07) is 0. The van der Waals surface area contributed by atoms with E-state index in [2.05, 4.69) is 16.8 Å². The first-order chi connectivity index (χ1) is 3.77. The third-order valence-electron chi connectivity index (χ3n) is 0.268. The van der Waals surface area contributed by atoms with E-state index in [0.29, 0.717) is 6.61 Å². The fourth-order valence-corrected chi connectivity index (χ4v) is 0.758. The molecule has 0 spiro atoms. The first kappa shape index (κ1) is 16.4. The van der Waals surface area contributed by atoms with E-state index in [9.17, 15) is 4.57 Å². The van der Waals surface area contributed by atoms with Gasteiger partial charge in [0.05, 0.1) is 6.61 Å². The number of hydrogen-bond donors (Lipinski definition) is 1. The van der Waals surface area contributed by atoms with E-state index in [1.165, 1.54) is 0 Å². The molecule has 0 aliphatic rings. The van der Waals surface area contributed by atoms with Crippen molar-refractivity contribution in [2.24, 2.45) is 0 Å². The molecule has 0 saturated heterocycles. The van der Waals surface area contributed by atoms with Crippen LogP contribution in [-0.4, -0.2) is 6.61 Å². The van der Waals surface area contributed by atoms with Crippen LogP contribution in [-0.2, 0) is 9.09 Å². The smallest absolute Gasteiger partial charge is 0.243 e. The SMILES string of the molecule is CC.CCO[PH](=O)S.Cl. The van der Waals surface area contributed by atoms with Gasteiger partial charge < -0.3 is 4.52 Å². The fraction of sp³-hybridized carbons (Fsp3) is 1.00. The summed E-state index contributed by atoms with van der Waals surface area (Å²) in [5.74, 6) is 0. The summed E-state index contributed by atoms with van der Waals surface area (Å²) in [5, 5.41) is 0. The predicted molar refractivity (Wildman–Crippen MR) is 48.2 cm³/mol. The third kappa shape index (κ3) is 28.1. The van der Waals surface area contributed by atoms with Crippen molar-refractivity contribution in [2.45, 2.75) is 20.8 Å². The van der Waals surface area contributed by atoms with Crippen LogP contribution in [0.15, 0.2) is 0 Å². The second-order valence-corrected chi connectivity index (χ2v) is 2.61. The molecule has 0 fully saturated rings. The molecule has 0 aromatic carbocycles. The zero-order valence-corrected chi connectivity index (χ0v) is 8.59. The van der Waals surface area contributed by atoms with Gasteiger partial charge in [-0.3, -0.25) is 4.57 Å². The minimum Gasteiger partial charge on any atom is -0.324 e. The standard InChI is InChI=1S/C2H7O2PS.C2H6.ClH/c1-2-4-5(3)6;1-2;/h5H,2H2,1H3,(H,3,6);1-2H3;1H. The molecule has 0 aromatic rings. The van der Waals surface area contributed by atoms with E-state index in [4.69, 9.17) is 0 Å². The lowest BCUT2D eigenvalue weighted by Crippen LogP contribution is -1.69. The van der Waals surface area contributed by atoms with Crippen LogP contribution in [0.3, 0.4) is 0 Å². The zero-order valence-electron chi connectivity index (χ0n) is 5.88. The zero-order chi connectivity index (χ0) is 6.99. The Labute approximate surface area is 68.8 Å². The van der Waals surface area contributed by atoms with Crippen molar-refractivity contribution >= 4 is 31.9 Å². The Bertz CT molecular complexity index is 62.5. The molecule has 1 atom stereocenters. The molecule has 0 bridgehead atoms. The highest BCUT2D eigenvalue weighted by Crippen LogP contribution is 2.25. The van der Waals surface area contributed by atoms with Crippen LogP contribution in [0.4, 0.5) is 0 Å². The van der Waals surface area contributed by atoms with Gasteiger partial charge >= 0.3 is 0 Å². The Morgan fingerprint density at radius 2 is 1.89 bits per heavy atom. The number of hydrogen-bond acceptors (Lipinski definition) is 2. The summed E-state index contributed by atoms with van der Waals surface area (Å²) in [6.45, 7) is 6.26. The fourth-order valence-electron chi connectivity index (χ4n) is 0.123. The Hall–Kier alpha value is 0.830. The van der Waals surface area contributed by atoms with E-state index in [0.717, 1.165) is 0 Å². The maximum Gasteiger partial charge on any atom is 0.243 e. The molecule has 2 nitrogen and oxygen atoms in total. The topological polar surface area (TPSA) is 26.3 Å². The van der Waals surface area contributed by atoms with Crippen molar-refractivity contribution in [1.82, 2.24) is 0 Å². The van der Waals surface area contributed by atoms with Gasteiger partial charge in [0.2, 0.25) is 7.23 Å². The molecule has 0 heterocycles. The van der Waals surface area contributed by atoms with Crippen molar-refractivity contribution in [2.75, 3.05) is 6.61 Å². The molecule has 0 amide bonds. The van der Waals surface area contributed by atoms with Crippen molar-refractivity contribution in [3.63, 3.8) is 0 Å². The summed E-state index contributed by atoms with van der Waals surface area (Å²) in [6.07, 6.45) is 0. The Kier molecular flexibility index (Phi) is 29.1. The third-order valence-corrected chi connectivity index (χ3v) is 1.19. The maximum atomic E-state index is 9.87. The molecule has 0 aliphatic heterocycles. The largest absolute Gasteiger partial charge is 0.324 e. The molecule has 1 unspecified atom stereocenters. The Morgan fingerprint density at radius 1 is 1.56 bits per heavy atom. The van der Waals surface area contributed by atoms with Crippen LogP contribution in [0.25, 0.3) is 0 Å². The molecule has 0 rings (SSSR count). The lowest BCUT2D eigenvalue weighted by Gasteiger charge is -1.87. The molecule has 9 heavy (non-hydrogen) atoms. The van der Waals surface area contributed by atoms with E-state index >= 15 is 0 Å². The number of thiol groups is 1. The van der Waals surface area contributed by atoms with Crippen LogP contribution < -0.4 is 0 Å². The number of rotatable bonds is 2. The molecule has 0 radical (unpaired) electrons. The molecule has 0 saturated carbocycles. The summed E-state index contributed by atoms with van der Waals surface area (Å²) in [7, 11) is -1.94. The highest BCUT2D eigenvalue weighted by atomic mass is 35.5. The van der Waals surface area contributed by atoms with Crippen molar-refractivity contribution in [1.29, 1.82) is 0 Å². The highest BCUT2D eigenvalue weighted by Gasteiger charge is 1.80. The molecule has 5 heteroatoms. The van der Waals surface area contributed by atoms with E-state index < -0.39 is 7.23 Å². The quantitative estimate of drug-likeness (QED) is 0.538. The minimum absolute atomic E-state index is 0. The first-order valence-corrected chi connectivity index (χ1v) is 5.23. The summed E-state index contributed by atoms with van der Waals surface area (Å²) < 4.78 is 14.3. The van der Waals surface area contributed by atoms with E-state index in [1.54, 1.807) is 6.92 Å². The average Bonchev–Trinajstić information content (AvgIpc) is 1.72. The van der Waals surface area contributed by atoms with Gasteiger partial charge in [-0.05, 0) is 6.92 Å². The average molecular weight is 193 g/mol. The predicted octanol–water partition coefficient (Wildman–Crippen LogP) is 2.79. The molecular formula is C4H14ClO2PS. The van der Waals surface area contributed by atoms with Crippen LogP contribution in [0.2, 0.25) is 0 Å². The summed E-state index contributed by atoms with van der Waals surface area (Å²) in [5.41, 5.74) is 0. The molecule has 60 valence electrons. The van der Waals surface area contributed by atoms with Gasteiger partial charge in [-0.25, -0.2) is 0 Å². The second kappa shape index (κ2) is 15.9. The van der Waals surface area contributed by atoms with E-state index in [1.807, 2.05) is 13.8 Å². The molecule has 0 aromatic heterocycles. The van der Waals surface area contributed by atoms with E-state index in [-0.39, 0.29) is 12.4 Å². The first-order valence-electron chi connectivity index (χ1n) is 2.63. The second-order valence-electron chi connectivity index (χ2n) is 0.699. The van der Waals surface area contributed by atoms with Gasteiger partial charge in [0.15, 0.2) is 0 Å². The molecular weight excluding hydrogens is 179 g/mol. The lowest BCUT2D eigenvalue weighted by molar-refractivity contribution is 0.362. The summed E-state index contributed by atoms with van der Waals surface area (Å²) in [4.78, 5) is 0. The lowest BCUT2D eigenvalue weighted by atomic mass is 10.9. The summed E-state index contributed by atoms with van der Waals surface area (Å²) >= 11 is 3.50. The van der Waals surface area contributed by atoms with Crippen LogP contribution >= 0.6 is 31.9 Å².